The second-order valence-electron chi connectivity index (χ2n) is 2.19. The average Bonchev–Trinajstić information content (AvgIpc) is 2.17. The first-order chi connectivity index (χ1) is 4.33. The fourth-order valence-corrected chi connectivity index (χ4v) is 0.768. The highest BCUT2D eigenvalue weighted by atomic mass is 15.3. The third-order valence-corrected chi connectivity index (χ3v) is 1.15. The lowest BCUT2D eigenvalue weighted by atomic mass is 10.4. The lowest BCUT2D eigenvalue weighted by Crippen LogP contribution is -1.95. The molecule has 1 aromatic rings. The Balaban J connectivity index is 2.61. The van der Waals surface area contributed by atoms with E-state index < -0.39 is 0 Å². The van der Waals surface area contributed by atoms with Gasteiger partial charge in [0.1, 0.15) is 6.20 Å². The van der Waals surface area contributed by atoms with Gasteiger partial charge in [-0.05, 0) is 18.9 Å². The molecular weight excluding hydrogens is 112 g/mol. The van der Waals surface area contributed by atoms with Gasteiger partial charge in [0.25, 0.3) is 0 Å². The highest BCUT2D eigenvalue weighted by Gasteiger charge is 1.89. The molecule has 1 rings (SSSR count). The van der Waals surface area contributed by atoms with Gasteiger partial charge in [-0.2, -0.15) is 5.10 Å². The monoisotopic (exact) mass is 123 g/mol. The molecule has 0 unspecified atom stereocenters. The maximum atomic E-state index is 4.00. The van der Waals surface area contributed by atoms with Crippen LogP contribution in [0.5, 0.6) is 0 Å². The first-order valence-corrected chi connectivity index (χ1v) is 3.24. The molecule has 0 atom stereocenters. The van der Waals surface area contributed by atoms with Gasteiger partial charge < -0.3 is 0 Å². The lowest BCUT2D eigenvalue weighted by molar-refractivity contribution is 0.601. The number of hydrogen-bond acceptors (Lipinski definition) is 1. The number of aryl methyl sites for hydroxylation is 2. The molecule has 0 aliphatic carbocycles. The van der Waals surface area contributed by atoms with Crippen LogP contribution >= 0.6 is 0 Å². The zero-order valence-electron chi connectivity index (χ0n) is 5.89. The van der Waals surface area contributed by atoms with Crippen LogP contribution in [0.1, 0.15) is 18.9 Å². The van der Waals surface area contributed by atoms with Crippen molar-refractivity contribution in [2.75, 3.05) is 0 Å². The molecule has 0 bridgehead atoms. The van der Waals surface area contributed by atoms with E-state index in [-0.39, 0.29) is 0 Å². The van der Waals surface area contributed by atoms with E-state index in [0.717, 1.165) is 18.5 Å². The maximum absolute atomic E-state index is 4.00. The summed E-state index contributed by atoms with van der Waals surface area (Å²) in [4.78, 5) is 0. The molecule has 0 spiro atoms. The van der Waals surface area contributed by atoms with E-state index in [9.17, 15) is 0 Å². The smallest absolute Gasteiger partial charge is 0.116 e. The number of aromatic nitrogens is 2. The number of rotatable bonds is 2. The van der Waals surface area contributed by atoms with Crippen LogP contribution < -0.4 is 0 Å². The number of hydrogen-bond donors (Lipinski definition) is 0. The van der Waals surface area contributed by atoms with Crippen molar-refractivity contribution in [2.45, 2.75) is 26.8 Å². The summed E-state index contributed by atoms with van der Waals surface area (Å²) < 4.78 is 1.91. The zero-order chi connectivity index (χ0) is 6.69. The predicted octanol–water partition coefficient (Wildman–Crippen LogP) is 1.40. The molecule has 0 saturated heterocycles. The Kier molecular flexibility index (Phi) is 1.88. The Morgan fingerprint density at radius 3 is 3.00 bits per heavy atom. The normalized spacial score (nSPS) is 10.0. The topological polar surface area (TPSA) is 17.8 Å². The summed E-state index contributed by atoms with van der Waals surface area (Å²) in [6.07, 6.45) is 6.00. The largest absolute Gasteiger partial charge is 0.272 e. The fraction of sp³-hybridized carbons (Fsp3) is 0.571. The van der Waals surface area contributed by atoms with Crippen molar-refractivity contribution >= 4 is 0 Å². The first kappa shape index (κ1) is 6.33. The minimum atomic E-state index is 1.00. The van der Waals surface area contributed by atoms with Gasteiger partial charge in [-0.3, -0.25) is 4.68 Å². The molecule has 1 aromatic heterocycles. The Bertz CT molecular complexity index is 179. The molecule has 0 fully saturated rings. The van der Waals surface area contributed by atoms with Crippen molar-refractivity contribution < 1.29 is 0 Å². The molecule has 0 aliphatic rings. The molecule has 2 heteroatoms. The van der Waals surface area contributed by atoms with Gasteiger partial charge in [0.15, 0.2) is 0 Å². The highest BCUT2D eigenvalue weighted by molar-refractivity contribution is 4.97. The van der Waals surface area contributed by atoms with Crippen LogP contribution in [0.15, 0.2) is 6.20 Å². The van der Waals surface area contributed by atoms with Crippen LogP contribution in [-0.2, 0) is 6.54 Å². The van der Waals surface area contributed by atoms with Crippen LogP contribution in [0.3, 0.4) is 0 Å². The van der Waals surface area contributed by atoms with E-state index in [2.05, 4.69) is 18.2 Å². The van der Waals surface area contributed by atoms with Crippen LogP contribution in [0.2, 0.25) is 0 Å². The molecule has 1 heterocycles. The maximum Gasteiger partial charge on any atom is 0.116 e. The molecule has 0 N–H and O–H groups in total. The molecule has 9 heavy (non-hydrogen) atoms. The second kappa shape index (κ2) is 2.67. The van der Waals surface area contributed by atoms with Crippen LogP contribution in [0, 0.1) is 13.1 Å². The predicted molar refractivity (Wildman–Crippen MR) is 36.1 cm³/mol. The summed E-state index contributed by atoms with van der Waals surface area (Å²) in [5.41, 5.74) is 1.11. The van der Waals surface area contributed by atoms with E-state index in [1.807, 2.05) is 17.8 Å². The quantitative estimate of drug-likeness (QED) is 0.581. The molecule has 0 amide bonds. The van der Waals surface area contributed by atoms with Gasteiger partial charge in [-0.1, -0.05) is 6.92 Å². The zero-order valence-corrected chi connectivity index (χ0v) is 5.89. The van der Waals surface area contributed by atoms with Crippen molar-refractivity contribution in [3.8, 4) is 0 Å². The van der Waals surface area contributed by atoms with E-state index in [1.54, 1.807) is 0 Å². The summed E-state index contributed by atoms with van der Waals surface area (Å²) in [5, 5.41) is 4.00. The van der Waals surface area contributed by atoms with Gasteiger partial charge in [0.05, 0.1) is 0 Å². The molecular formula is C7H11N2. The minimum absolute atomic E-state index is 1.00. The molecule has 49 valence electrons. The van der Waals surface area contributed by atoms with Gasteiger partial charge in [-0.25, -0.2) is 0 Å². The van der Waals surface area contributed by atoms with Crippen LogP contribution in [0.4, 0.5) is 0 Å². The third-order valence-electron chi connectivity index (χ3n) is 1.15. The van der Waals surface area contributed by atoms with Gasteiger partial charge >= 0.3 is 0 Å². The Hall–Kier alpha value is -0.790. The SMILES string of the molecule is CCCn1cc(C)[c]n1. The van der Waals surface area contributed by atoms with Crippen molar-refractivity contribution in [2.24, 2.45) is 0 Å². The summed E-state index contributed by atoms with van der Waals surface area (Å²) in [6, 6.07) is 0. The van der Waals surface area contributed by atoms with Crippen molar-refractivity contribution in [1.29, 1.82) is 0 Å². The molecule has 0 aromatic carbocycles. The van der Waals surface area contributed by atoms with Crippen LogP contribution in [-0.4, -0.2) is 9.78 Å². The summed E-state index contributed by atoms with van der Waals surface area (Å²) in [5.74, 6) is 0. The van der Waals surface area contributed by atoms with E-state index in [4.69, 9.17) is 0 Å². The van der Waals surface area contributed by atoms with Crippen molar-refractivity contribution in [1.82, 2.24) is 9.78 Å². The standard InChI is InChI=1S/C7H11N2/c1-3-4-9-6-7(2)5-8-9/h6H,3-4H2,1-2H3. The van der Waals surface area contributed by atoms with E-state index in [1.165, 1.54) is 0 Å². The molecule has 1 radical (unpaired) electrons. The Morgan fingerprint density at radius 1 is 1.78 bits per heavy atom. The number of nitrogens with zero attached hydrogens (tertiary/aromatic N) is 2. The Labute approximate surface area is 55.5 Å². The summed E-state index contributed by atoms with van der Waals surface area (Å²) in [7, 11) is 0. The van der Waals surface area contributed by atoms with E-state index in [0.29, 0.717) is 0 Å². The van der Waals surface area contributed by atoms with Gasteiger partial charge in [0.2, 0.25) is 0 Å². The van der Waals surface area contributed by atoms with E-state index >= 15 is 0 Å². The highest BCUT2D eigenvalue weighted by Crippen LogP contribution is 1.93. The molecule has 2 nitrogen and oxygen atoms in total. The average molecular weight is 123 g/mol. The molecule has 0 saturated carbocycles. The van der Waals surface area contributed by atoms with Crippen LogP contribution in [0.25, 0.3) is 0 Å². The summed E-state index contributed by atoms with van der Waals surface area (Å²) >= 11 is 0. The second-order valence-corrected chi connectivity index (χ2v) is 2.19. The van der Waals surface area contributed by atoms with Gasteiger partial charge in [0, 0.05) is 12.7 Å². The summed E-state index contributed by atoms with van der Waals surface area (Å²) in [6.45, 7) is 5.14. The lowest BCUT2D eigenvalue weighted by Gasteiger charge is -1.93. The van der Waals surface area contributed by atoms with Gasteiger partial charge in [-0.15, -0.1) is 0 Å². The minimum Gasteiger partial charge on any atom is -0.272 e. The fourth-order valence-electron chi connectivity index (χ4n) is 0.768. The Morgan fingerprint density at radius 2 is 2.56 bits per heavy atom. The third kappa shape index (κ3) is 1.56. The van der Waals surface area contributed by atoms with Crippen molar-refractivity contribution in [3.05, 3.63) is 18.0 Å². The van der Waals surface area contributed by atoms with Crippen molar-refractivity contribution in [3.63, 3.8) is 0 Å². The molecule has 0 aliphatic heterocycles. The first-order valence-electron chi connectivity index (χ1n) is 3.24.